The van der Waals surface area contributed by atoms with Crippen LogP contribution in [-0.4, -0.2) is 41.1 Å². The number of carbonyl (C=O) groups excluding carboxylic acids is 2. The maximum absolute atomic E-state index is 13.3. The van der Waals surface area contributed by atoms with Crippen molar-refractivity contribution in [2.45, 2.75) is 32.6 Å². The summed E-state index contributed by atoms with van der Waals surface area (Å²) < 4.78 is 5.16. The van der Waals surface area contributed by atoms with Crippen LogP contribution in [0, 0.1) is 38.7 Å². The number of amides is 1. The van der Waals surface area contributed by atoms with E-state index in [2.05, 4.69) is 11.4 Å². The van der Waals surface area contributed by atoms with E-state index in [-0.39, 0.29) is 23.1 Å². The summed E-state index contributed by atoms with van der Waals surface area (Å²) in [7, 11) is 1.61. The minimum Gasteiger partial charge on any atom is -0.497 e. The first-order valence-electron chi connectivity index (χ1n) is 12.6. The Balaban J connectivity index is 1.53. The van der Waals surface area contributed by atoms with Gasteiger partial charge in [0.1, 0.15) is 17.5 Å². The topological polar surface area (TPSA) is 135 Å². The number of rotatable bonds is 8. The molecule has 1 heterocycles. The predicted molar refractivity (Wildman–Crippen MR) is 150 cm³/mol. The van der Waals surface area contributed by atoms with E-state index < -0.39 is 28.1 Å². The molecule has 0 spiro atoms. The maximum atomic E-state index is 13.3. The number of fused-ring (bicyclic) bond motifs is 1. The SMILES string of the molecule is COc1ccc(CCNC(=O)CSC2=NC3=CC(C)(C)CC(=O)C3C(c3cccc([N+](=O)[O-])c3)C2C#N)cc1. The molecule has 0 fully saturated rings. The van der Waals surface area contributed by atoms with E-state index in [1.54, 1.807) is 19.2 Å². The van der Waals surface area contributed by atoms with Crippen LogP contribution >= 0.6 is 11.8 Å². The van der Waals surface area contributed by atoms with Gasteiger partial charge in [-0.25, -0.2) is 4.99 Å². The summed E-state index contributed by atoms with van der Waals surface area (Å²) in [4.78, 5) is 41.7. The zero-order chi connectivity index (χ0) is 28.2. The Kier molecular flexibility index (Phi) is 8.51. The van der Waals surface area contributed by atoms with Gasteiger partial charge in [0.2, 0.25) is 5.91 Å². The number of ether oxygens (including phenoxy) is 1. The normalized spacial score (nSPS) is 21.6. The molecule has 10 heteroatoms. The molecular formula is C29H30N4O5S. The fourth-order valence-electron chi connectivity index (χ4n) is 5.11. The fraction of sp³-hybridized carbons (Fsp3) is 0.379. The molecule has 1 N–H and O–H groups in total. The summed E-state index contributed by atoms with van der Waals surface area (Å²) in [6, 6.07) is 16.0. The molecule has 1 aliphatic carbocycles. The lowest BCUT2D eigenvalue weighted by Gasteiger charge is -2.40. The summed E-state index contributed by atoms with van der Waals surface area (Å²) in [5, 5.41) is 25.0. The van der Waals surface area contributed by atoms with E-state index in [1.165, 1.54) is 23.9 Å². The largest absolute Gasteiger partial charge is 0.497 e. The van der Waals surface area contributed by atoms with Crippen LogP contribution in [0.15, 0.2) is 65.3 Å². The van der Waals surface area contributed by atoms with Gasteiger partial charge in [0.15, 0.2) is 0 Å². The molecule has 0 aromatic heterocycles. The number of carbonyl (C=O) groups is 2. The average molecular weight is 547 g/mol. The molecule has 1 amide bonds. The summed E-state index contributed by atoms with van der Waals surface area (Å²) >= 11 is 1.17. The second-order valence-electron chi connectivity index (χ2n) is 10.3. The average Bonchev–Trinajstić information content (AvgIpc) is 2.90. The Morgan fingerprint density at radius 1 is 1.28 bits per heavy atom. The zero-order valence-corrected chi connectivity index (χ0v) is 22.9. The van der Waals surface area contributed by atoms with Crippen LogP contribution in [0.2, 0.25) is 0 Å². The number of ketones is 1. The Bertz CT molecular complexity index is 1380. The summed E-state index contributed by atoms with van der Waals surface area (Å²) in [6.07, 6.45) is 2.90. The minimum absolute atomic E-state index is 0.0432. The number of nitrogens with zero attached hydrogens (tertiary/aromatic N) is 3. The Morgan fingerprint density at radius 3 is 2.69 bits per heavy atom. The van der Waals surface area contributed by atoms with Gasteiger partial charge in [0.25, 0.3) is 5.69 Å². The number of Topliss-reactive ketones (excluding diaryl/α,β-unsaturated/α-hetero) is 1. The van der Waals surface area contributed by atoms with Gasteiger partial charge in [0, 0.05) is 36.7 Å². The highest BCUT2D eigenvalue weighted by atomic mass is 32.2. The van der Waals surface area contributed by atoms with Gasteiger partial charge in [-0.15, -0.1) is 0 Å². The monoisotopic (exact) mass is 546 g/mol. The summed E-state index contributed by atoms with van der Waals surface area (Å²) in [5.41, 5.74) is 1.64. The number of methoxy groups -OCH3 is 1. The lowest BCUT2D eigenvalue weighted by Crippen LogP contribution is -2.40. The van der Waals surface area contributed by atoms with E-state index >= 15 is 0 Å². The summed E-state index contributed by atoms with van der Waals surface area (Å²) in [6.45, 7) is 4.35. The van der Waals surface area contributed by atoms with Gasteiger partial charge in [-0.1, -0.05) is 56.0 Å². The highest BCUT2D eigenvalue weighted by Gasteiger charge is 2.47. The van der Waals surface area contributed by atoms with Crippen molar-refractivity contribution in [3.05, 3.63) is 81.5 Å². The molecule has 0 saturated heterocycles. The van der Waals surface area contributed by atoms with Crippen molar-refractivity contribution in [3.63, 3.8) is 0 Å². The molecule has 0 radical (unpaired) electrons. The number of benzene rings is 2. The van der Waals surface area contributed by atoms with Crippen LogP contribution in [0.1, 0.15) is 37.3 Å². The number of nitro groups is 1. The van der Waals surface area contributed by atoms with Crippen LogP contribution < -0.4 is 10.1 Å². The van der Waals surface area contributed by atoms with Crippen LogP contribution in [0.25, 0.3) is 0 Å². The molecule has 39 heavy (non-hydrogen) atoms. The van der Waals surface area contributed by atoms with Crippen LogP contribution in [0.5, 0.6) is 5.75 Å². The number of allylic oxidation sites excluding steroid dienone is 2. The molecule has 4 rings (SSSR count). The number of nitrogens with one attached hydrogen (secondary N) is 1. The molecule has 0 bridgehead atoms. The fourth-order valence-corrected chi connectivity index (χ4v) is 6.04. The number of thioether (sulfide) groups is 1. The Hall–Kier alpha value is -3.97. The number of aliphatic imine (C=N–C) groups is 1. The Labute approximate surface area is 231 Å². The van der Waals surface area contributed by atoms with Gasteiger partial charge in [-0.2, -0.15) is 5.26 Å². The quantitative estimate of drug-likeness (QED) is 0.370. The van der Waals surface area contributed by atoms with Crippen molar-refractivity contribution in [2.24, 2.45) is 22.2 Å². The third-order valence-electron chi connectivity index (χ3n) is 6.91. The maximum Gasteiger partial charge on any atom is 0.269 e. The molecule has 202 valence electrons. The van der Waals surface area contributed by atoms with Crippen molar-refractivity contribution < 1.29 is 19.2 Å². The third-order valence-corrected chi connectivity index (χ3v) is 7.96. The highest BCUT2D eigenvalue weighted by molar-refractivity contribution is 8.14. The van der Waals surface area contributed by atoms with E-state index in [0.717, 1.165) is 11.3 Å². The highest BCUT2D eigenvalue weighted by Crippen LogP contribution is 2.49. The molecule has 1 aliphatic heterocycles. The van der Waals surface area contributed by atoms with Crippen molar-refractivity contribution in [2.75, 3.05) is 19.4 Å². The Morgan fingerprint density at radius 2 is 2.03 bits per heavy atom. The first-order valence-corrected chi connectivity index (χ1v) is 13.6. The van der Waals surface area contributed by atoms with Crippen molar-refractivity contribution >= 4 is 34.2 Å². The molecule has 9 nitrogen and oxygen atoms in total. The lowest BCUT2D eigenvalue weighted by atomic mass is 9.66. The van der Waals surface area contributed by atoms with E-state index in [4.69, 9.17) is 9.73 Å². The smallest absolute Gasteiger partial charge is 0.269 e. The van der Waals surface area contributed by atoms with Crippen LogP contribution in [0.3, 0.4) is 0 Å². The van der Waals surface area contributed by atoms with Crippen LogP contribution in [0.4, 0.5) is 5.69 Å². The second kappa shape index (κ2) is 11.8. The molecular weight excluding hydrogens is 516 g/mol. The third kappa shape index (κ3) is 6.55. The lowest BCUT2D eigenvalue weighted by molar-refractivity contribution is -0.384. The van der Waals surface area contributed by atoms with Gasteiger partial charge < -0.3 is 10.1 Å². The van der Waals surface area contributed by atoms with Gasteiger partial charge in [-0.3, -0.25) is 19.7 Å². The zero-order valence-electron chi connectivity index (χ0n) is 22.0. The first kappa shape index (κ1) is 28.0. The van der Waals surface area contributed by atoms with Gasteiger partial charge >= 0.3 is 0 Å². The minimum atomic E-state index is -0.823. The predicted octanol–water partition coefficient (Wildman–Crippen LogP) is 4.83. The van der Waals surface area contributed by atoms with Crippen molar-refractivity contribution in [1.82, 2.24) is 5.32 Å². The standard InChI is InChI=1S/C29H30N4O5S/c1-29(2)14-23-27(24(34)15-29)26(19-5-4-6-20(13-19)33(36)37)22(16-30)28(32-23)39-17-25(35)31-12-11-18-7-9-21(38-3)10-8-18/h4-10,13-14,22,26-27H,11-12,15,17H2,1-3H3,(H,31,35). The number of nitro benzene ring substituents is 1. The molecule has 0 saturated carbocycles. The molecule has 3 atom stereocenters. The van der Waals surface area contributed by atoms with E-state index in [9.17, 15) is 25.0 Å². The number of hydrogen-bond donors (Lipinski definition) is 1. The first-order chi connectivity index (χ1) is 18.6. The number of non-ortho nitro benzene ring substituents is 1. The molecule has 2 aromatic rings. The van der Waals surface area contributed by atoms with Gasteiger partial charge in [-0.05, 0) is 35.1 Å². The summed E-state index contributed by atoms with van der Waals surface area (Å²) in [5.74, 6) is -1.56. The molecule has 2 aromatic carbocycles. The molecule has 2 aliphatic rings. The van der Waals surface area contributed by atoms with Crippen molar-refractivity contribution in [1.29, 1.82) is 5.26 Å². The number of hydrogen-bond acceptors (Lipinski definition) is 8. The van der Waals surface area contributed by atoms with Gasteiger partial charge in [0.05, 0.1) is 34.8 Å². The number of nitriles is 1. The van der Waals surface area contributed by atoms with Crippen molar-refractivity contribution in [3.8, 4) is 11.8 Å². The van der Waals surface area contributed by atoms with E-state index in [0.29, 0.717) is 35.7 Å². The molecule has 3 unspecified atom stereocenters. The van der Waals surface area contributed by atoms with E-state index in [1.807, 2.05) is 44.2 Å². The van der Waals surface area contributed by atoms with Crippen LogP contribution in [-0.2, 0) is 16.0 Å². The second-order valence-corrected chi connectivity index (χ2v) is 11.3.